The molecule has 0 aliphatic carbocycles. The van der Waals surface area contributed by atoms with Crippen LogP contribution in [-0.2, 0) is 9.53 Å². The van der Waals surface area contributed by atoms with Crippen LogP contribution in [0.3, 0.4) is 0 Å². The van der Waals surface area contributed by atoms with Gasteiger partial charge in [0.1, 0.15) is 6.04 Å². The van der Waals surface area contributed by atoms with Crippen molar-refractivity contribution in [1.29, 1.82) is 0 Å². The molecule has 0 saturated carbocycles. The van der Waals surface area contributed by atoms with Crippen molar-refractivity contribution in [3.05, 3.63) is 48.0 Å². The number of benzene rings is 1. The number of carbonyl (C=O) groups excluding carboxylic acids is 1. The molecule has 0 saturated heterocycles. The topological polar surface area (TPSA) is 52.3 Å². The van der Waals surface area contributed by atoms with E-state index in [1.54, 1.807) is 0 Å². The van der Waals surface area contributed by atoms with E-state index in [-0.39, 0.29) is 5.97 Å². The molecule has 0 aliphatic heterocycles. The Balaban J connectivity index is 1.85. The molecule has 1 atom stereocenters. The summed E-state index contributed by atoms with van der Waals surface area (Å²) in [6, 6.07) is 8.71. The van der Waals surface area contributed by atoms with Crippen molar-refractivity contribution >= 4 is 5.97 Å². The number of carbonyl (C=O) groups is 1. The summed E-state index contributed by atoms with van der Waals surface area (Å²) >= 11 is 0. The fourth-order valence-corrected chi connectivity index (χ4v) is 3.41. The third-order valence-corrected chi connectivity index (χ3v) is 5.31. The monoisotopic (exact) mass is 401 g/mol. The molecule has 164 valence electrons. The van der Waals surface area contributed by atoms with E-state index in [9.17, 15) is 4.79 Å². The lowest BCUT2D eigenvalue weighted by atomic mass is 10.1. The van der Waals surface area contributed by atoms with Gasteiger partial charge in [0.05, 0.1) is 6.61 Å². The van der Waals surface area contributed by atoms with Gasteiger partial charge in [0.2, 0.25) is 0 Å². The smallest absolute Gasteiger partial charge is 0.327 e. The molecular weight excluding hydrogens is 358 g/mol. The zero-order chi connectivity index (χ0) is 21.0. The normalized spacial score (nSPS) is 12.3. The Morgan fingerprint density at radius 1 is 0.828 bits per heavy atom. The van der Waals surface area contributed by atoms with Crippen LogP contribution in [0.4, 0.5) is 0 Å². The summed E-state index contributed by atoms with van der Waals surface area (Å²) in [6.07, 6.45) is 22.6. The average Bonchev–Trinajstić information content (AvgIpc) is 2.75. The highest BCUT2D eigenvalue weighted by Crippen LogP contribution is 2.13. The Bertz CT molecular complexity index is 527. The highest BCUT2D eigenvalue weighted by Gasteiger charge is 2.16. The van der Waals surface area contributed by atoms with E-state index in [4.69, 9.17) is 10.5 Å². The van der Waals surface area contributed by atoms with Crippen molar-refractivity contribution in [2.75, 3.05) is 6.61 Å². The van der Waals surface area contributed by atoms with Crippen LogP contribution in [0.15, 0.2) is 42.5 Å². The van der Waals surface area contributed by atoms with Crippen LogP contribution < -0.4 is 5.73 Å². The van der Waals surface area contributed by atoms with Crippen LogP contribution in [-0.4, -0.2) is 12.6 Å². The summed E-state index contributed by atoms with van der Waals surface area (Å²) in [6.45, 7) is 2.74. The predicted molar refractivity (Wildman–Crippen MR) is 124 cm³/mol. The first-order valence-electron chi connectivity index (χ1n) is 11.9. The number of allylic oxidation sites excluding steroid dienone is 2. The van der Waals surface area contributed by atoms with Crippen LogP contribution in [0.1, 0.15) is 108 Å². The maximum absolute atomic E-state index is 12.0. The summed E-state index contributed by atoms with van der Waals surface area (Å²) in [4.78, 5) is 12.0. The molecule has 1 aromatic carbocycles. The van der Waals surface area contributed by atoms with E-state index in [0.29, 0.717) is 6.61 Å². The lowest BCUT2D eigenvalue weighted by molar-refractivity contribution is -0.145. The third-order valence-electron chi connectivity index (χ3n) is 5.31. The van der Waals surface area contributed by atoms with Gasteiger partial charge in [0, 0.05) is 0 Å². The minimum atomic E-state index is -0.676. The number of hydrogen-bond donors (Lipinski definition) is 1. The summed E-state index contributed by atoms with van der Waals surface area (Å²) in [5.41, 5.74) is 6.73. The van der Waals surface area contributed by atoms with E-state index < -0.39 is 6.04 Å². The van der Waals surface area contributed by atoms with Gasteiger partial charge in [-0.1, -0.05) is 107 Å². The van der Waals surface area contributed by atoms with Crippen LogP contribution >= 0.6 is 0 Å². The van der Waals surface area contributed by atoms with Gasteiger partial charge in [0.15, 0.2) is 0 Å². The standard InChI is InChI=1S/C26H43NO2/c1-2-3-4-5-6-7-8-9-10-11-12-13-14-15-16-20-23-29-26(28)25(27)24-21-18-17-19-22-24/h9-10,17-19,21-22,25H,2-8,11-16,20,23,27H2,1H3. The van der Waals surface area contributed by atoms with Gasteiger partial charge in [0.25, 0.3) is 0 Å². The zero-order valence-electron chi connectivity index (χ0n) is 18.6. The first-order chi connectivity index (χ1) is 14.3. The van der Waals surface area contributed by atoms with Crippen molar-refractivity contribution in [3.8, 4) is 0 Å². The molecule has 1 aromatic rings. The molecule has 0 heterocycles. The second kappa shape index (κ2) is 18.4. The molecule has 0 fully saturated rings. The molecule has 29 heavy (non-hydrogen) atoms. The second-order valence-electron chi connectivity index (χ2n) is 7.99. The third kappa shape index (κ3) is 14.1. The molecule has 2 N–H and O–H groups in total. The second-order valence-corrected chi connectivity index (χ2v) is 7.99. The molecule has 3 nitrogen and oxygen atoms in total. The molecule has 0 bridgehead atoms. The Kier molecular flexibility index (Phi) is 16.2. The predicted octanol–water partition coefficient (Wildman–Crippen LogP) is 7.27. The Labute approximate surface area is 179 Å². The molecule has 1 rings (SSSR count). The fourth-order valence-electron chi connectivity index (χ4n) is 3.41. The van der Waals surface area contributed by atoms with E-state index >= 15 is 0 Å². The summed E-state index contributed by atoms with van der Waals surface area (Å²) < 4.78 is 5.30. The Morgan fingerprint density at radius 2 is 1.34 bits per heavy atom. The van der Waals surface area contributed by atoms with Gasteiger partial charge >= 0.3 is 5.97 Å². The first-order valence-corrected chi connectivity index (χ1v) is 11.9. The van der Waals surface area contributed by atoms with Gasteiger partial charge in [-0.15, -0.1) is 0 Å². The van der Waals surface area contributed by atoms with Crippen LogP contribution in [0.5, 0.6) is 0 Å². The lowest BCUT2D eigenvalue weighted by Crippen LogP contribution is -2.24. The van der Waals surface area contributed by atoms with E-state index in [1.165, 1.54) is 77.0 Å². The van der Waals surface area contributed by atoms with Crippen molar-refractivity contribution in [2.24, 2.45) is 5.73 Å². The molecule has 0 aliphatic rings. The van der Waals surface area contributed by atoms with Crippen molar-refractivity contribution in [3.63, 3.8) is 0 Å². The number of nitrogens with two attached hydrogens (primary N) is 1. The molecule has 0 amide bonds. The van der Waals surface area contributed by atoms with E-state index in [2.05, 4.69) is 19.1 Å². The molecule has 0 spiro atoms. The van der Waals surface area contributed by atoms with Crippen molar-refractivity contribution in [2.45, 2.75) is 103 Å². The SMILES string of the molecule is CCCCCCCCC=CCCCCCCCCOC(=O)C(N)c1ccccc1. The number of esters is 1. The first kappa shape index (κ1) is 25.4. The highest BCUT2D eigenvalue weighted by atomic mass is 16.5. The van der Waals surface area contributed by atoms with Gasteiger partial charge in [-0.25, -0.2) is 4.79 Å². The van der Waals surface area contributed by atoms with E-state index in [0.717, 1.165) is 18.4 Å². The molecule has 3 heteroatoms. The lowest BCUT2D eigenvalue weighted by Gasteiger charge is -2.11. The molecule has 0 aromatic heterocycles. The van der Waals surface area contributed by atoms with Crippen LogP contribution in [0.2, 0.25) is 0 Å². The summed E-state index contributed by atoms with van der Waals surface area (Å²) in [5, 5.41) is 0. The summed E-state index contributed by atoms with van der Waals surface area (Å²) in [7, 11) is 0. The maximum atomic E-state index is 12.0. The van der Waals surface area contributed by atoms with Gasteiger partial charge in [-0.3, -0.25) is 0 Å². The minimum absolute atomic E-state index is 0.330. The number of rotatable bonds is 18. The van der Waals surface area contributed by atoms with Crippen molar-refractivity contribution < 1.29 is 9.53 Å². The Morgan fingerprint density at radius 3 is 1.93 bits per heavy atom. The van der Waals surface area contributed by atoms with Crippen LogP contribution in [0, 0.1) is 0 Å². The fraction of sp³-hybridized carbons (Fsp3) is 0.654. The minimum Gasteiger partial charge on any atom is -0.464 e. The average molecular weight is 402 g/mol. The number of unbranched alkanes of at least 4 members (excludes halogenated alkanes) is 12. The summed E-state index contributed by atoms with van der Waals surface area (Å²) in [5.74, 6) is -0.330. The highest BCUT2D eigenvalue weighted by molar-refractivity contribution is 5.77. The molecule has 0 radical (unpaired) electrons. The number of hydrogen-bond acceptors (Lipinski definition) is 3. The van der Waals surface area contributed by atoms with E-state index in [1.807, 2.05) is 30.3 Å². The largest absolute Gasteiger partial charge is 0.464 e. The van der Waals surface area contributed by atoms with Crippen molar-refractivity contribution in [1.82, 2.24) is 0 Å². The van der Waals surface area contributed by atoms with Crippen LogP contribution in [0.25, 0.3) is 0 Å². The quantitative estimate of drug-likeness (QED) is 0.160. The molecular formula is C26H43NO2. The van der Waals surface area contributed by atoms with Gasteiger partial charge in [-0.05, 0) is 37.7 Å². The maximum Gasteiger partial charge on any atom is 0.327 e. The number of ether oxygens (including phenoxy) is 1. The van der Waals surface area contributed by atoms with Gasteiger partial charge < -0.3 is 10.5 Å². The molecule has 1 unspecified atom stereocenters. The Hall–Kier alpha value is -1.61. The van der Waals surface area contributed by atoms with Gasteiger partial charge in [-0.2, -0.15) is 0 Å². The zero-order valence-corrected chi connectivity index (χ0v) is 18.6.